The maximum atomic E-state index is 12.1. The molecule has 0 bridgehead atoms. The van der Waals surface area contributed by atoms with E-state index in [4.69, 9.17) is 9.47 Å². The van der Waals surface area contributed by atoms with E-state index in [1.165, 1.54) is 5.56 Å². The Hall–Kier alpha value is -2.69. The molecular formula is C19H24N2O3. The topological polar surface area (TPSA) is 59.6 Å². The molecule has 2 aromatic carbocycles. The molecule has 0 fully saturated rings. The van der Waals surface area contributed by atoms with Crippen LogP contribution in [-0.4, -0.2) is 26.7 Å². The van der Waals surface area contributed by atoms with Crippen LogP contribution in [0.5, 0.6) is 11.5 Å². The number of nitrogens with one attached hydrogen (secondary N) is 2. The highest BCUT2D eigenvalue weighted by Gasteiger charge is 2.08. The summed E-state index contributed by atoms with van der Waals surface area (Å²) in [7, 11) is 3.18. The van der Waals surface area contributed by atoms with Crippen LogP contribution in [0.4, 0.5) is 11.4 Å². The highest BCUT2D eigenvalue weighted by molar-refractivity contribution is 5.94. The zero-order chi connectivity index (χ0) is 17.5. The normalized spacial score (nSPS) is 10.4. The lowest BCUT2D eigenvalue weighted by Gasteiger charge is -2.13. The second-order valence-corrected chi connectivity index (χ2v) is 5.74. The van der Waals surface area contributed by atoms with Gasteiger partial charge in [0.25, 0.3) is 0 Å². The van der Waals surface area contributed by atoms with Crippen LogP contribution in [0.3, 0.4) is 0 Å². The summed E-state index contributed by atoms with van der Waals surface area (Å²) >= 11 is 0. The molecule has 2 rings (SSSR count). The number of carbonyl (C=O) groups excluding carboxylic acids is 1. The van der Waals surface area contributed by atoms with Crippen molar-refractivity contribution in [3.63, 3.8) is 0 Å². The van der Waals surface area contributed by atoms with Gasteiger partial charge in [0.1, 0.15) is 11.5 Å². The lowest BCUT2D eigenvalue weighted by atomic mass is 10.0. The second kappa shape index (κ2) is 8.24. The van der Waals surface area contributed by atoms with Crippen molar-refractivity contribution in [2.75, 3.05) is 31.4 Å². The third kappa shape index (κ3) is 4.65. The molecule has 1 amide bonds. The zero-order valence-electron chi connectivity index (χ0n) is 14.6. The number of rotatable bonds is 7. The fourth-order valence-electron chi connectivity index (χ4n) is 2.28. The Morgan fingerprint density at radius 1 is 1.04 bits per heavy atom. The molecule has 0 radical (unpaired) electrons. The Morgan fingerprint density at radius 2 is 1.75 bits per heavy atom. The Balaban J connectivity index is 1.93. The quantitative estimate of drug-likeness (QED) is 0.810. The van der Waals surface area contributed by atoms with Gasteiger partial charge in [0.05, 0.1) is 26.5 Å². The number of amides is 1. The van der Waals surface area contributed by atoms with Gasteiger partial charge in [-0.15, -0.1) is 0 Å². The minimum Gasteiger partial charge on any atom is -0.497 e. The summed E-state index contributed by atoms with van der Waals surface area (Å²) in [6.07, 6.45) is 0. The third-order valence-electron chi connectivity index (χ3n) is 3.71. The van der Waals surface area contributed by atoms with E-state index < -0.39 is 0 Å². The highest BCUT2D eigenvalue weighted by atomic mass is 16.5. The van der Waals surface area contributed by atoms with E-state index in [-0.39, 0.29) is 12.5 Å². The molecule has 2 N–H and O–H groups in total. The zero-order valence-corrected chi connectivity index (χ0v) is 14.6. The van der Waals surface area contributed by atoms with Crippen molar-refractivity contribution in [1.29, 1.82) is 0 Å². The van der Waals surface area contributed by atoms with Crippen LogP contribution in [0.15, 0.2) is 42.5 Å². The molecule has 2 aromatic rings. The molecular weight excluding hydrogens is 304 g/mol. The van der Waals surface area contributed by atoms with Crippen molar-refractivity contribution in [3.8, 4) is 11.5 Å². The number of benzene rings is 2. The molecule has 0 unspecified atom stereocenters. The molecule has 0 atom stereocenters. The summed E-state index contributed by atoms with van der Waals surface area (Å²) < 4.78 is 10.5. The molecule has 128 valence electrons. The van der Waals surface area contributed by atoms with Crippen LogP contribution >= 0.6 is 0 Å². The number of hydrogen-bond acceptors (Lipinski definition) is 4. The van der Waals surface area contributed by atoms with Crippen LogP contribution in [0.25, 0.3) is 0 Å². The standard InChI is InChI=1S/C19H24N2O3/c1-13(2)14-5-7-15(8-6-14)21-19(22)12-20-17-10-9-16(23-3)11-18(17)24-4/h5-11,13,20H,12H2,1-4H3,(H,21,22). The van der Waals surface area contributed by atoms with Gasteiger partial charge in [-0.1, -0.05) is 26.0 Å². The summed E-state index contributed by atoms with van der Waals surface area (Å²) in [4.78, 5) is 12.1. The van der Waals surface area contributed by atoms with E-state index in [2.05, 4.69) is 24.5 Å². The fourth-order valence-corrected chi connectivity index (χ4v) is 2.28. The molecule has 5 nitrogen and oxygen atoms in total. The van der Waals surface area contributed by atoms with Gasteiger partial charge in [0, 0.05) is 11.8 Å². The average molecular weight is 328 g/mol. The molecule has 0 aliphatic heterocycles. The number of ether oxygens (including phenoxy) is 2. The largest absolute Gasteiger partial charge is 0.497 e. The molecule has 0 aromatic heterocycles. The maximum absolute atomic E-state index is 12.1. The Labute approximate surface area is 143 Å². The van der Waals surface area contributed by atoms with Crippen LogP contribution in [-0.2, 0) is 4.79 Å². The predicted octanol–water partition coefficient (Wildman–Crippen LogP) is 3.88. The van der Waals surface area contributed by atoms with Gasteiger partial charge in [-0.2, -0.15) is 0 Å². The smallest absolute Gasteiger partial charge is 0.243 e. The first-order valence-corrected chi connectivity index (χ1v) is 7.89. The molecule has 0 aliphatic carbocycles. The van der Waals surface area contributed by atoms with Crippen LogP contribution in [0.2, 0.25) is 0 Å². The first kappa shape index (κ1) is 17.7. The second-order valence-electron chi connectivity index (χ2n) is 5.74. The van der Waals surface area contributed by atoms with Gasteiger partial charge >= 0.3 is 0 Å². The number of carbonyl (C=O) groups is 1. The summed E-state index contributed by atoms with van der Waals surface area (Å²) in [6, 6.07) is 13.3. The van der Waals surface area contributed by atoms with Crippen LogP contribution in [0, 0.1) is 0 Å². The highest BCUT2D eigenvalue weighted by Crippen LogP contribution is 2.28. The SMILES string of the molecule is COc1ccc(NCC(=O)Nc2ccc(C(C)C)cc2)c(OC)c1. The Kier molecular flexibility index (Phi) is 6.07. The summed E-state index contributed by atoms with van der Waals surface area (Å²) in [5.74, 6) is 1.68. The van der Waals surface area contributed by atoms with Gasteiger partial charge in [-0.25, -0.2) is 0 Å². The van der Waals surface area contributed by atoms with Gasteiger partial charge in [0.15, 0.2) is 0 Å². The van der Waals surface area contributed by atoms with Gasteiger partial charge in [-0.3, -0.25) is 4.79 Å². The van der Waals surface area contributed by atoms with Crippen LogP contribution in [0.1, 0.15) is 25.3 Å². The minimum absolute atomic E-state index is 0.120. The summed E-state index contributed by atoms with van der Waals surface area (Å²) in [6.45, 7) is 4.42. The molecule has 0 spiro atoms. The van der Waals surface area contributed by atoms with E-state index >= 15 is 0 Å². The first-order valence-electron chi connectivity index (χ1n) is 7.89. The van der Waals surface area contributed by atoms with Crippen molar-refractivity contribution in [1.82, 2.24) is 0 Å². The number of hydrogen-bond donors (Lipinski definition) is 2. The number of anilines is 2. The van der Waals surface area contributed by atoms with Gasteiger partial charge < -0.3 is 20.1 Å². The van der Waals surface area contributed by atoms with E-state index in [1.807, 2.05) is 36.4 Å². The van der Waals surface area contributed by atoms with Crippen molar-refractivity contribution < 1.29 is 14.3 Å². The van der Waals surface area contributed by atoms with Crippen LogP contribution < -0.4 is 20.1 Å². The molecule has 5 heteroatoms. The minimum atomic E-state index is -0.120. The lowest BCUT2D eigenvalue weighted by Crippen LogP contribution is -2.21. The first-order chi connectivity index (χ1) is 11.5. The summed E-state index contributed by atoms with van der Waals surface area (Å²) in [5, 5.41) is 5.94. The van der Waals surface area contributed by atoms with Crippen molar-refractivity contribution in [2.24, 2.45) is 0 Å². The molecule has 0 saturated carbocycles. The van der Waals surface area contributed by atoms with Gasteiger partial charge in [0.2, 0.25) is 5.91 Å². The van der Waals surface area contributed by atoms with E-state index in [1.54, 1.807) is 20.3 Å². The third-order valence-corrected chi connectivity index (χ3v) is 3.71. The van der Waals surface area contributed by atoms with E-state index in [0.29, 0.717) is 17.4 Å². The molecule has 24 heavy (non-hydrogen) atoms. The predicted molar refractivity (Wildman–Crippen MR) is 97.2 cm³/mol. The maximum Gasteiger partial charge on any atom is 0.243 e. The van der Waals surface area contributed by atoms with Crippen molar-refractivity contribution in [3.05, 3.63) is 48.0 Å². The fraction of sp³-hybridized carbons (Fsp3) is 0.316. The molecule has 0 aliphatic rings. The van der Waals surface area contributed by atoms with Gasteiger partial charge in [-0.05, 0) is 35.7 Å². The number of methoxy groups -OCH3 is 2. The lowest BCUT2D eigenvalue weighted by molar-refractivity contribution is -0.114. The van der Waals surface area contributed by atoms with E-state index in [9.17, 15) is 4.79 Å². The van der Waals surface area contributed by atoms with Crippen molar-refractivity contribution >= 4 is 17.3 Å². The average Bonchev–Trinajstić information content (AvgIpc) is 2.60. The monoisotopic (exact) mass is 328 g/mol. The summed E-state index contributed by atoms with van der Waals surface area (Å²) in [5.41, 5.74) is 2.77. The Morgan fingerprint density at radius 3 is 2.33 bits per heavy atom. The van der Waals surface area contributed by atoms with E-state index in [0.717, 1.165) is 11.4 Å². The van der Waals surface area contributed by atoms with Crippen molar-refractivity contribution in [2.45, 2.75) is 19.8 Å². The Bertz CT molecular complexity index is 682. The molecule has 0 heterocycles. The molecule has 0 saturated heterocycles.